The first-order valence-electron chi connectivity index (χ1n) is 14.9. The van der Waals surface area contributed by atoms with E-state index in [0.29, 0.717) is 5.92 Å². The summed E-state index contributed by atoms with van der Waals surface area (Å²) >= 11 is -0.634. The Morgan fingerprint density at radius 3 is 2.35 bits per heavy atom. The van der Waals surface area contributed by atoms with Gasteiger partial charge in [0.1, 0.15) is 0 Å². The summed E-state index contributed by atoms with van der Waals surface area (Å²) in [6, 6.07) is 4.22. The van der Waals surface area contributed by atoms with Gasteiger partial charge in [-0.2, -0.15) is 0 Å². The summed E-state index contributed by atoms with van der Waals surface area (Å²) in [7, 11) is 0. The van der Waals surface area contributed by atoms with Crippen molar-refractivity contribution >= 4 is 45.6 Å². The van der Waals surface area contributed by atoms with Crippen molar-refractivity contribution < 1.29 is 4.74 Å². The van der Waals surface area contributed by atoms with Crippen molar-refractivity contribution in [3.63, 3.8) is 0 Å². The average molecular weight is 631 g/mol. The van der Waals surface area contributed by atoms with E-state index in [1.807, 2.05) is 0 Å². The zero-order valence-electron chi connectivity index (χ0n) is 23.9. The molecule has 4 rings (SSSR count). The SMILES string of the molecule is C=[C](CN1CCC(COc2nc3scc(C)c3n3cccc23)CC1)[Sn]([CH2]CCC)([CH2]CCC)[CH2]CCC. The average Bonchev–Trinajstić information content (AvgIpc) is 3.54. The molecule has 0 spiro atoms. The van der Waals surface area contributed by atoms with Crippen LogP contribution in [0, 0.1) is 12.8 Å². The molecule has 204 valence electrons. The number of aromatic nitrogens is 2. The predicted octanol–water partition coefficient (Wildman–Crippen LogP) is 8.89. The van der Waals surface area contributed by atoms with Crippen LogP contribution in [0.1, 0.15) is 77.7 Å². The van der Waals surface area contributed by atoms with Crippen molar-refractivity contribution in [2.24, 2.45) is 5.92 Å². The van der Waals surface area contributed by atoms with Crippen LogP contribution in [0.2, 0.25) is 13.3 Å². The molecule has 6 heteroatoms. The van der Waals surface area contributed by atoms with E-state index < -0.39 is 18.4 Å². The Labute approximate surface area is 233 Å². The van der Waals surface area contributed by atoms with Gasteiger partial charge in [-0.3, -0.25) is 0 Å². The van der Waals surface area contributed by atoms with E-state index in [-0.39, 0.29) is 0 Å². The minimum atomic E-state index is -2.34. The van der Waals surface area contributed by atoms with E-state index in [0.717, 1.165) is 22.8 Å². The molecule has 0 bridgehead atoms. The van der Waals surface area contributed by atoms with E-state index in [4.69, 9.17) is 16.3 Å². The second kappa shape index (κ2) is 13.8. The first-order chi connectivity index (χ1) is 18.0. The predicted molar refractivity (Wildman–Crippen MR) is 164 cm³/mol. The van der Waals surface area contributed by atoms with Gasteiger partial charge >= 0.3 is 217 Å². The molecule has 0 amide bonds. The number of rotatable bonds is 15. The Kier molecular flexibility index (Phi) is 10.8. The van der Waals surface area contributed by atoms with E-state index in [2.05, 4.69) is 60.7 Å². The quantitative estimate of drug-likeness (QED) is 0.157. The summed E-state index contributed by atoms with van der Waals surface area (Å²) in [6.07, 6.45) is 12.8. The van der Waals surface area contributed by atoms with Crippen molar-refractivity contribution in [3.8, 4) is 5.88 Å². The van der Waals surface area contributed by atoms with Crippen molar-refractivity contribution in [3.05, 3.63) is 39.4 Å². The molecule has 0 radical (unpaired) electrons. The molecule has 37 heavy (non-hydrogen) atoms. The molecule has 0 saturated carbocycles. The molecule has 0 unspecified atom stereocenters. The standard InChI is InChI=1S/C19H22N3OS.3C4H9.Sn/c1-3-8-21-10-6-15(7-11-21)12-23-18-16-5-4-9-22(16)17-14(2)13-24-19(17)20-18;3*1-3-4-2;/h4-5,9,13,15H,1,6-8,10-12H2,2H3;3*1,3-4H2,2H3;. The zero-order chi connectivity index (χ0) is 26.3. The van der Waals surface area contributed by atoms with Gasteiger partial charge < -0.3 is 0 Å². The topological polar surface area (TPSA) is 29.8 Å². The number of hydrogen-bond donors (Lipinski definition) is 0. The number of ether oxygens (including phenoxy) is 1. The molecule has 0 N–H and O–H groups in total. The van der Waals surface area contributed by atoms with Crippen LogP contribution in [0.4, 0.5) is 0 Å². The molecule has 3 aromatic rings. The van der Waals surface area contributed by atoms with E-state index >= 15 is 0 Å². The number of piperidine rings is 1. The molecule has 1 fully saturated rings. The van der Waals surface area contributed by atoms with Gasteiger partial charge in [-0.1, -0.05) is 0 Å². The van der Waals surface area contributed by atoms with Crippen LogP contribution in [0.3, 0.4) is 0 Å². The van der Waals surface area contributed by atoms with Crippen molar-refractivity contribution in [1.82, 2.24) is 14.3 Å². The van der Waals surface area contributed by atoms with Crippen molar-refractivity contribution in [2.45, 2.75) is 92.4 Å². The fourth-order valence-corrected chi connectivity index (χ4v) is 22.7. The molecule has 1 aliphatic rings. The van der Waals surface area contributed by atoms with Crippen LogP contribution >= 0.6 is 11.3 Å². The van der Waals surface area contributed by atoms with Crippen LogP contribution in [-0.4, -0.2) is 58.9 Å². The molecular formula is C31H49N3OSSn. The summed E-state index contributed by atoms with van der Waals surface area (Å²) in [5, 5.41) is 2.19. The molecule has 0 atom stereocenters. The summed E-state index contributed by atoms with van der Waals surface area (Å²) < 4.78 is 14.9. The van der Waals surface area contributed by atoms with Gasteiger partial charge in [-0.05, 0) is 17.9 Å². The van der Waals surface area contributed by atoms with Gasteiger partial charge in [-0.15, -0.1) is 0 Å². The van der Waals surface area contributed by atoms with E-state index in [1.165, 1.54) is 95.4 Å². The zero-order valence-corrected chi connectivity index (χ0v) is 27.5. The fraction of sp³-hybridized carbons (Fsp3) is 0.645. The number of nitrogens with zero attached hydrogens (tertiary/aromatic N) is 3. The van der Waals surface area contributed by atoms with Gasteiger partial charge in [0.05, 0.1) is 0 Å². The van der Waals surface area contributed by atoms with Crippen LogP contribution in [0.5, 0.6) is 5.88 Å². The van der Waals surface area contributed by atoms with Gasteiger partial charge in [0.15, 0.2) is 0 Å². The van der Waals surface area contributed by atoms with Crippen molar-refractivity contribution in [2.75, 3.05) is 26.2 Å². The second-order valence-electron chi connectivity index (χ2n) is 11.5. The summed E-state index contributed by atoms with van der Waals surface area (Å²) in [5.74, 6) is 1.40. The van der Waals surface area contributed by atoms with Gasteiger partial charge in [-0.25, -0.2) is 0 Å². The number of aryl methyl sites for hydroxylation is 1. The van der Waals surface area contributed by atoms with Crippen LogP contribution in [0.15, 0.2) is 33.9 Å². The van der Waals surface area contributed by atoms with Crippen LogP contribution in [-0.2, 0) is 0 Å². The Morgan fingerprint density at radius 1 is 1.08 bits per heavy atom. The Balaban J connectivity index is 1.33. The molecular weight excluding hydrogens is 581 g/mol. The number of thiophene rings is 1. The first kappa shape index (κ1) is 28.9. The third kappa shape index (κ3) is 6.94. The van der Waals surface area contributed by atoms with Gasteiger partial charge in [0.2, 0.25) is 0 Å². The number of fused-ring (bicyclic) bond motifs is 3. The monoisotopic (exact) mass is 631 g/mol. The molecule has 0 aromatic carbocycles. The molecule has 4 heterocycles. The maximum atomic E-state index is 6.39. The number of hydrogen-bond acceptors (Lipinski definition) is 4. The molecule has 0 aliphatic carbocycles. The summed E-state index contributed by atoms with van der Waals surface area (Å²) in [5.41, 5.74) is 3.57. The normalized spacial score (nSPS) is 15.7. The minimum absolute atomic E-state index is 0.607. The fourth-order valence-electron chi connectivity index (χ4n) is 6.20. The molecule has 1 aliphatic heterocycles. The number of likely N-dealkylation sites (tertiary alicyclic amines) is 1. The maximum absolute atomic E-state index is 6.39. The van der Waals surface area contributed by atoms with Gasteiger partial charge in [0, 0.05) is 0 Å². The number of unbranched alkanes of at least 4 members (excludes halogenated alkanes) is 3. The Morgan fingerprint density at radius 2 is 1.73 bits per heavy atom. The molecule has 4 nitrogen and oxygen atoms in total. The summed E-state index contributed by atoms with van der Waals surface area (Å²) in [6.45, 7) is 18.4. The first-order valence-corrected chi connectivity index (χ1v) is 23.3. The van der Waals surface area contributed by atoms with Crippen molar-refractivity contribution in [1.29, 1.82) is 0 Å². The van der Waals surface area contributed by atoms with Crippen LogP contribution in [0.25, 0.3) is 15.9 Å². The second-order valence-corrected chi connectivity index (χ2v) is 25.9. The molecule has 1 saturated heterocycles. The summed E-state index contributed by atoms with van der Waals surface area (Å²) in [4.78, 5) is 8.68. The van der Waals surface area contributed by atoms with E-state index in [1.54, 1.807) is 14.9 Å². The van der Waals surface area contributed by atoms with E-state index in [9.17, 15) is 0 Å². The Bertz CT molecular complexity index is 1120. The third-order valence-electron chi connectivity index (χ3n) is 8.69. The third-order valence-corrected chi connectivity index (χ3v) is 25.6. The molecule has 3 aromatic heterocycles. The van der Waals surface area contributed by atoms with Gasteiger partial charge in [0.25, 0.3) is 0 Å². The Hall–Kier alpha value is -1.05. The van der Waals surface area contributed by atoms with Crippen LogP contribution < -0.4 is 4.74 Å².